The number of nitrogens with zero attached hydrogens (tertiary/aromatic N) is 3. The fraction of sp³-hybridized carbons (Fsp3) is 0.167. The van der Waals surface area contributed by atoms with E-state index in [9.17, 15) is 14.9 Å². The van der Waals surface area contributed by atoms with E-state index in [4.69, 9.17) is 4.74 Å². The predicted molar refractivity (Wildman–Crippen MR) is 65.4 cm³/mol. The molecule has 7 heteroatoms. The van der Waals surface area contributed by atoms with E-state index in [2.05, 4.69) is 4.98 Å². The molecule has 0 N–H and O–H groups in total. The van der Waals surface area contributed by atoms with Crippen LogP contribution in [0.1, 0.15) is 23.5 Å². The van der Waals surface area contributed by atoms with E-state index in [1.54, 1.807) is 37.3 Å². The van der Waals surface area contributed by atoms with Gasteiger partial charge in [-0.05, 0) is 29.0 Å². The van der Waals surface area contributed by atoms with Crippen LogP contribution in [0.15, 0.2) is 42.9 Å². The van der Waals surface area contributed by atoms with Crippen LogP contribution in [0.5, 0.6) is 0 Å². The number of hydrogen-bond donors (Lipinski definition) is 0. The van der Waals surface area contributed by atoms with Gasteiger partial charge in [-0.25, -0.2) is 4.79 Å². The summed E-state index contributed by atoms with van der Waals surface area (Å²) in [6.45, 7) is 1.60. The number of carbonyl (C=O) groups is 1. The molecule has 2 rings (SSSR count). The maximum absolute atomic E-state index is 11.8. The fourth-order valence-electron chi connectivity index (χ4n) is 1.48. The van der Waals surface area contributed by atoms with E-state index in [0.717, 1.165) is 0 Å². The van der Waals surface area contributed by atoms with Crippen LogP contribution in [-0.4, -0.2) is 20.4 Å². The van der Waals surface area contributed by atoms with Gasteiger partial charge in [0.1, 0.15) is 6.20 Å². The molecule has 1 unspecified atom stereocenters. The van der Waals surface area contributed by atoms with Crippen LogP contribution in [-0.2, 0) is 4.74 Å². The van der Waals surface area contributed by atoms with Crippen molar-refractivity contribution in [3.63, 3.8) is 0 Å². The third-order valence-corrected chi connectivity index (χ3v) is 2.48. The van der Waals surface area contributed by atoms with Gasteiger partial charge in [-0.1, -0.05) is 18.2 Å². The number of rotatable bonds is 4. The Morgan fingerprint density at radius 3 is 2.68 bits per heavy atom. The molecular formula is C12H11N3O4. The van der Waals surface area contributed by atoms with Crippen LogP contribution in [0.2, 0.25) is 0 Å². The molecule has 7 nitrogen and oxygen atoms in total. The van der Waals surface area contributed by atoms with Crippen molar-refractivity contribution in [1.82, 2.24) is 9.55 Å². The molecule has 0 aliphatic heterocycles. The molecule has 1 atom stereocenters. The van der Waals surface area contributed by atoms with Crippen molar-refractivity contribution in [3.8, 4) is 0 Å². The van der Waals surface area contributed by atoms with Gasteiger partial charge in [0.2, 0.25) is 6.33 Å². The second-order valence-electron chi connectivity index (χ2n) is 3.81. The van der Waals surface area contributed by atoms with Gasteiger partial charge in [0.15, 0.2) is 6.23 Å². The molecule has 1 aromatic heterocycles. The number of imidazole rings is 1. The first kappa shape index (κ1) is 12.7. The molecule has 1 aromatic carbocycles. The predicted octanol–water partition coefficient (Wildman–Crippen LogP) is 2.17. The molecule has 0 saturated heterocycles. The van der Waals surface area contributed by atoms with Crippen molar-refractivity contribution in [3.05, 3.63) is 58.5 Å². The van der Waals surface area contributed by atoms with E-state index in [-0.39, 0.29) is 5.82 Å². The molecule has 0 saturated carbocycles. The highest BCUT2D eigenvalue weighted by Crippen LogP contribution is 2.15. The van der Waals surface area contributed by atoms with Gasteiger partial charge in [-0.3, -0.25) is 4.57 Å². The number of ether oxygens (including phenoxy) is 1. The number of esters is 1. The van der Waals surface area contributed by atoms with Gasteiger partial charge in [0, 0.05) is 0 Å². The summed E-state index contributed by atoms with van der Waals surface area (Å²) in [6.07, 6.45) is 1.79. The SMILES string of the molecule is CC(OC(=O)c1ccccc1)n1cnc([N+](=O)[O-])c1. The lowest BCUT2D eigenvalue weighted by Crippen LogP contribution is -2.13. The second-order valence-corrected chi connectivity index (χ2v) is 3.81. The second kappa shape index (κ2) is 5.30. The summed E-state index contributed by atoms with van der Waals surface area (Å²) in [5.41, 5.74) is 0.420. The van der Waals surface area contributed by atoms with Crippen molar-refractivity contribution in [2.75, 3.05) is 0 Å². The van der Waals surface area contributed by atoms with Crippen molar-refractivity contribution < 1.29 is 14.5 Å². The minimum Gasteiger partial charge on any atom is -0.438 e. The Morgan fingerprint density at radius 2 is 2.11 bits per heavy atom. The molecule has 98 valence electrons. The highest BCUT2D eigenvalue weighted by molar-refractivity contribution is 5.89. The summed E-state index contributed by atoms with van der Waals surface area (Å²) in [7, 11) is 0. The number of hydrogen-bond acceptors (Lipinski definition) is 5. The highest BCUT2D eigenvalue weighted by atomic mass is 16.6. The summed E-state index contributed by atoms with van der Waals surface area (Å²) in [4.78, 5) is 25.3. The molecule has 0 aliphatic carbocycles. The maximum atomic E-state index is 11.8. The summed E-state index contributed by atoms with van der Waals surface area (Å²) >= 11 is 0. The average molecular weight is 261 g/mol. The van der Waals surface area contributed by atoms with Crippen molar-refractivity contribution in [2.45, 2.75) is 13.2 Å². The first-order valence-electron chi connectivity index (χ1n) is 5.52. The molecule has 1 heterocycles. The Morgan fingerprint density at radius 1 is 1.42 bits per heavy atom. The van der Waals surface area contributed by atoms with Gasteiger partial charge in [-0.15, -0.1) is 0 Å². The number of carbonyl (C=O) groups excluding carboxylic acids is 1. The minimum absolute atomic E-state index is 0.289. The largest absolute Gasteiger partial charge is 0.438 e. The van der Waals surface area contributed by atoms with Gasteiger partial charge in [0.25, 0.3) is 0 Å². The number of benzene rings is 1. The molecule has 2 aromatic rings. The fourth-order valence-corrected chi connectivity index (χ4v) is 1.48. The first-order valence-corrected chi connectivity index (χ1v) is 5.52. The van der Waals surface area contributed by atoms with Crippen molar-refractivity contribution in [1.29, 1.82) is 0 Å². The Kier molecular flexibility index (Phi) is 3.56. The maximum Gasteiger partial charge on any atom is 0.381 e. The Labute approximate surface area is 108 Å². The van der Waals surface area contributed by atoms with Crippen LogP contribution >= 0.6 is 0 Å². The Balaban J connectivity index is 2.06. The minimum atomic E-state index is -0.672. The van der Waals surface area contributed by atoms with Crippen LogP contribution in [0, 0.1) is 10.1 Å². The Bertz CT molecular complexity index is 594. The quantitative estimate of drug-likeness (QED) is 0.478. The summed E-state index contributed by atoms with van der Waals surface area (Å²) < 4.78 is 6.54. The number of nitro groups is 1. The number of aromatic nitrogens is 2. The third kappa shape index (κ3) is 2.95. The van der Waals surface area contributed by atoms with Crippen LogP contribution in [0.3, 0.4) is 0 Å². The molecule has 0 amide bonds. The van der Waals surface area contributed by atoms with E-state index in [0.29, 0.717) is 5.56 Å². The molecule has 0 fully saturated rings. The molecular weight excluding hydrogens is 250 g/mol. The van der Waals surface area contributed by atoms with Crippen LogP contribution in [0.25, 0.3) is 0 Å². The molecule has 0 bridgehead atoms. The van der Waals surface area contributed by atoms with E-state index in [1.807, 2.05) is 0 Å². The van der Waals surface area contributed by atoms with Gasteiger partial charge in [-0.2, -0.15) is 0 Å². The monoisotopic (exact) mass is 261 g/mol. The zero-order chi connectivity index (χ0) is 13.8. The lowest BCUT2D eigenvalue weighted by molar-refractivity contribution is -0.389. The zero-order valence-electron chi connectivity index (χ0n) is 10.1. The topological polar surface area (TPSA) is 87.3 Å². The first-order chi connectivity index (χ1) is 9.08. The summed E-state index contributed by atoms with van der Waals surface area (Å²) in [6, 6.07) is 8.50. The zero-order valence-corrected chi connectivity index (χ0v) is 10.1. The highest BCUT2D eigenvalue weighted by Gasteiger charge is 2.17. The smallest absolute Gasteiger partial charge is 0.381 e. The lowest BCUT2D eigenvalue weighted by Gasteiger charge is -2.12. The average Bonchev–Trinajstić information content (AvgIpc) is 2.89. The van der Waals surface area contributed by atoms with E-state index in [1.165, 1.54) is 17.1 Å². The normalized spacial score (nSPS) is 11.8. The molecule has 19 heavy (non-hydrogen) atoms. The van der Waals surface area contributed by atoms with Gasteiger partial charge >= 0.3 is 11.8 Å². The van der Waals surface area contributed by atoms with Crippen LogP contribution in [0.4, 0.5) is 5.82 Å². The van der Waals surface area contributed by atoms with E-state index >= 15 is 0 Å². The third-order valence-electron chi connectivity index (χ3n) is 2.48. The molecule has 0 aliphatic rings. The van der Waals surface area contributed by atoms with Gasteiger partial charge < -0.3 is 14.9 Å². The summed E-state index contributed by atoms with van der Waals surface area (Å²) in [5.74, 6) is -0.785. The van der Waals surface area contributed by atoms with Crippen molar-refractivity contribution >= 4 is 11.8 Å². The summed E-state index contributed by atoms with van der Waals surface area (Å²) in [5, 5.41) is 10.5. The van der Waals surface area contributed by atoms with Crippen LogP contribution < -0.4 is 0 Å². The molecule has 0 radical (unpaired) electrons. The Hall–Kier alpha value is -2.70. The van der Waals surface area contributed by atoms with Gasteiger partial charge in [0.05, 0.1) is 5.56 Å². The standard InChI is InChI=1S/C12H11N3O4/c1-9(14-7-11(13-8-14)15(17)18)19-12(16)10-5-3-2-4-6-10/h2-9H,1H3. The lowest BCUT2D eigenvalue weighted by atomic mass is 10.2. The molecule has 0 spiro atoms. The van der Waals surface area contributed by atoms with Crippen molar-refractivity contribution in [2.24, 2.45) is 0 Å². The van der Waals surface area contributed by atoms with E-state index < -0.39 is 17.1 Å².